The Bertz CT molecular complexity index is 828. The molecule has 0 aromatic heterocycles. The normalized spacial score (nSPS) is 24.4. The van der Waals surface area contributed by atoms with E-state index in [1.165, 1.54) is 27.4 Å². The van der Waals surface area contributed by atoms with Gasteiger partial charge in [-0.05, 0) is 25.3 Å². The smallest absolute Gasteiger partial charge is 0.230 e. The molecule has 0 saturated carbocycles. The van der Waals surface area contributed by atoms with Gasteiger partial charge >= 0.3 is 0 Å². The van der Waals surface area contributed by atoms with Gasteiger partial charge in [0.1, 0.15) is 0 Å². The van der Waals surface area contributed by atoms with Gasteiger partial charge in [0, 0.05) is 31.7 Å². The van der Waals surface area contributed by atoms with Gasteiger partial charge in [0.05, 0.1) is 11.2 Å². The molecule has 5 nitrogen and oxygen atoms in total. The van der Waals surface area contributed by atoms with Crippen LogP contribution in [0.4, 0.5) is 8.78 Å². The highest BCUT2D eigenvalue weighted by Gasteiger charge is 2.50. The molecule has 0 unspecified atom stereocenters. The molecule has 0 bridgehead atoms. The number of likely N-dealkylation sites (tertiary alicyclic amines) is 1. The minimum absolute atomic E-state index is 0.0103. The molecule has 8 heteroatoms. The van der Waals surface area contributed by atoms with Crippen LogP contribution in [-0.2, 0) is 21.4 Å². The van der Waals surface area contributed by atoms with Gasteiger partial charge in [-0.25, -0.2) is 21.5 Å². The number of hydrogen-bond donors (Lipinski definition) is 0. The second-order valence-corrected chi connectivity index (χ2v) is 8.99. The van der Waals surface area contributed by atoms with E-state index >= 15 is 0 Å². The third kappa shape index (κ3) is 3.40. The molecule has 1 amide bonds. The molecule has 0 radical (unpaired) electrons. The zero-order chi connectivity index (χ0) is 18.9. The molecule has 0 aliphatic carbocycles. The SMILES string of the molecule is C=CCS(=O)(=O)N1CC[C@]2(CCCN(Cc3cccc(F)c3F)C2=O)C1. The Labute approximate surface area is 152 Å². The van der Waals surface area contributed by atoms with Crippen LogP contribution >= 0.6 is 0 Å². The molecule has 1 aromatic carbocycles. The monoisotopic (exact) mass is 384 g/mol. The van der Waals surface area contributed by atoms with Crippen molar-refractivity contribution in [1.82, 2.24) is 9.21 Å². The summed E-state index contributed by atoms with van der Waals surface area (Å²) < 4.78 is 53.2. The van der Waals surface area contributed by atoms with Crippen LogP contribution in [0.2, 0.25) is 0 Å². The molecule has 1 aromatic rings. The Morgan fingerprint density at radius 3 is 2.73 bits per heavy atom. The number of amides is 1. The van der Waals surface area contributed by atoms with Gasteiger partial charge in [-0.15, -0.1) is 6.58 Å². The topological polar surface area (TPSA) is 57.7 Å². The maximum Gasteiger partial charge on any atom is 0.230 e. The second kappa shape index (κ2) is 7.08. The molecule has 26 heavy (non-hydrogen) atoms. The van der Waals surface area contributed by atoms with Crippen molar-refractivity contribution < 1.29 is 22.0 Å². The first-order chi connectivity index (χ1) is 12.3. The fourth-order valence-corrected chi connectivity index (χ4v) is 5.21. The molecular weight excluding hydrogens is 362 g/mol. The highest BCUT2D eigenvalue weighted by Crippen LogP contribution is 2.41. The van der Waals surface area contributed by atoms with E-state index in [1.54, 1.807) is 0 Å². The average Bonchev–Trinajstić information content (AvgIpc) is 3.02. The van der Waals surface area contributed by atoms with Crippen molar-refractivity contribution in [2.75, 3.05) is 25.4 Å². The molecule has 2 fully saturated rings. The number of sulfonamides is 1. The number of piperidine rings is 1. The van der Waals surface area contributed by atoms with E-state index < -0.39 is 27.1 Å². The second-order valence-electron chi connectivity index (χ2n) is 6.97. The summed E-state index contributed by atoms with van der Waals surface area (Å²) in [7, 11) is -3.46. The van der Waals surface area contributed by atoms with Crippen LogP contribution in [0.25, 0.3) is 0 Å². The number of carbonyl (C=O) groups excluding carboxylic acids is 1. The number of hydrogen-bond acceptors (Lipinski definition) is 3. The van der Waals surface area contributed by atoms with Crippen molar-refractivity contribution in [3.05, 3.63) is 48.1 Å². The van der Waals surface area contributed by atoms with Crippen molar-refractivity contribution in [1.29, 1.82) is 0 Å². The molecule has 2 heterocycles. The van der Waals surface area contributed by atoms with Crippen molar-refractivity contribution in [3.63, 3.8) is 0 Å². The predicted octanol–water partition coefficient (Wildman–Crippen LogP) is 2.30. The Balaban J connectivity index is 1.78. The van der Waals surface area contributed by atoms with Gasteiger partial charge in [0.2, 0.25) is 15.9 Å². The van der Waals surface area contributed by atoms with Crippen molar-refractivity contribution in [2.45, 2.75) is 25.8 Å². The lowest BCUT2D eigenvalue weighted by molar-refractivity contribution is -0.146. The van der Waals surface area contributed by atoms with Gasteiger partial charge < -0.3 is 4.90 Å². The number of carbonyl (C=O) groups is 1. The van der Waals surface area contributed by atoms with E-state index in [4.69, 9.17) is 0 Å². The average molecular weight is 384 g/mol. The first-order valence-electron chi connectivity index (χ1n) is 8.60. The lowest BCUT2D eigenvalue weighted by atomic mass is 9.78. The molecule has 1 atom stereocenters. The van der Waals surface area contributed by atoms with Crippen molar-refractivity contribution >= 4 is 15.9 Å². The molecule has 2 aliphatic heterocycles. The van der Waals surface area contributed by atoms with Crippen molar-refractivity contribution in [2.24, 2.45) is 5.41 Å². The van der Waals surface area contributed by atoms with Crippen LogP contribution in [0.15, 0.2) is 30.9 Å². The van der Waals surface area contributed by atoms with Crippen LogP contribution in [-0.4, -0.2) is 48.9 Å². The van der Waals surface area contributed by atoms with E-state index in [0.717, 1.165) is 6.07 Å². The number of nitrogens with zero attached hydrogens (tertiary/aromatic N) is 2. The van der Waals surface area contributed by atoms with E-state index in [1.807, 2.05) is 0 Å². The largest absolute Gasteiger partial charge is 0.338 e. The first-order valence-corrected chi connectivity index (χ1v) is 10.2. The van der Waals surface area contributed by atoms with Crippen LogP contribution in [0.1, 0.15) is 24.8 Å². The Kier molecular flexibility index (Phi) is 5.16. The Hall–Kier alpha value is -1.80. The maximum absolute atomic E-state index is 13.9. The zero-order valence-corrected chi connectivity index (χ0v) is 15.3. The van der Waals surface area contributed by atoms with Gasteiger partial charge in [-0.3, -0.25) is 4.79 Å². The molecule has 2 aliphatic rings. The predicted molar refractivity (Wildman–Crippen MR) is 93.6 cm³/mol. The molecule has 142 valence electrons. The standard InChI is InChI=1S/C18H22F2N2O3S/c1-2-11-26(24,25)22-10-8-18(13-22)7-4-9-21(17(18)23)12-14-5-3-6-15(19)16(14)20/h2-3,5-6H,1,4,7-13H2/t18-/m1/s1. The Morgan fingerprint density at radius 1 is 1.23 bits per heavy atom. The number of benzene rings is 1. The van der Waals surface area contributed by atoms with Crippen molar-refractivity contribution in [3.8, 4) is 0 Å². The van der Waals surface area contributed by atoms with E-state index in [-0.39, 0.29) is 30.3 Å². The van der Waals surface area contributed by atoms with Gasteiger partial charge in [0.25, 0.3) is 0 Å². The molecule has 2 saturated heterocycles. The van der Waals surface area contributed by atoms with E-state index in [0.29, 0.717) is 32.4 Å². The summed E-state index contributed by atoms with van der Waals surface area (Å²) in [6, 6.07) is 3.91. The highest BCUT2D eigenvalue weighted by atomic mass is 32.2. The highest BCUT2D eigenvalue weighted by molar-refractivity contribution is 7.89. The summed E-state index contributed by atoms with van der Waals surface area (Å²) in [5.41, 5.74) is -0.638. The summed E-state index contributed by atoms with van der Waals surface area (Å²) in [4.78, 5) is 14.6. The van der Waals surface area contributed by atoms with E-state index in [2.05, 4.69) is 6.58 Å². The summed E-state index contributed by atoms with van der Waals surface area (Å²) >= 11 is 0. The first kappa shape index (κ1) is 19.0. The summed E-state index contributed by atoms with van der Waals surface area (Å²) in [6.45, 7) is 4.35. The fraction of sp³-hybridized carbons (Fsp3) is 0.500. The van der Waals surface area contributed by atoms with Crippen LogP contribution in [0.5, 0.6) is 0 Å². The van der Waals surface area contributed by atoms with E-state index in [9.17, 15) is 22.0 Å². The molecular formula is C18H22F2N2O3S. The van der Waals surface area contributed by atoms with Crippen LogP contribution in [0, 0.1) is 17.0 Å². The fourth-order valence-electron chi connectivity index (χ4n) is 3.88. The third-order valence-corrected chi connectivity index (χ3v) is 7.01. The van der Waals surface area contributed by atoms with Crippen LogP contribution < -0.4 is 0 Å². The lowest BCUT2D eigenvalue weighted by Gasteiger charge is -2.39. The Morgan fingerprint density at radius 2 is 2.00 bits per heavy atom. The van der Waals surface area contributed by atoms with Gasteiger partial charge in [0.15, 0.2) is 11.6 Å². The summed E-state index contributed by atoms with van der Waals surface area (Å²) in [6.07, 6.45) is 3.10. The number of halogens is 2. The zero-order valence-electron chi connectivity index (χ0n) is 14.5. The van der Waals surface area contributed by atoms with Gasteiger partial charge in [-0.2, -0.15) is 0 Å². The summed E-state index contributed by atoms with van der Waals surface area (Å²) in [5.74, 6) is -2.22. The molecule has 3 rings (SSSR count). The minimum Gasteiger partial charge on any atom is -0.338 e. The maximum atomic E-state index is 13.9. The summed E-state index contributed by atoms with van der Waals surface area (Å²) in [5, 5.41) is 0. The quantitative estimate of drug-likeness (QED) is 0.732. The minimum atomic E-state index is -3.46. The third-order valence-electron chi connectivity index (χ3n) is 5.26. The van der Waals surface area contributed by atoms with Crippen LogP contribution in [0.3, 0.4) is 0 Å². The number of rotatable bonds is 5. The molecule has 1 spiro atoms. The molecule has 0 N–H and O–H groups in total. The van der Waals surface area contributed by atoms with Gasteiger partial charge in [-0.1, -0.05) is 18.2 Å². The lowest BCUT2D eigenvalue weighted by Crippen LogP contribution is -2.50.